The molecule has 3 atom stereocenters. The molecule has 0 radical (unpaired) electrons. The number of benzene rings is 2. The highest BCUT2D eigenvalue weighted by Crippen LogP contribution is 2.64. The number of ether oxygens (including phenoxy) is 1. The lowest BCUT2D eigenvalue weighted by molar-refractivity contribution is 0.121. The monoisotopic (exact) mass is 407 g/mol. The van der Waals surface area contributed by atoms with Crippen molar-refractivity contribution in [3.05, 3.63) is 65.5 Å². The summed E-state index contributed by atoms with van der Waals surface area (Å²) in [6.45, 7) is 4.24. The third-order valence-electron chi connectivity index (χ3n) is 5.17. The quantitative estimate of drug-likeness (QED) is 0.713. The molecule has 0 heterocycles. The highest BCUT2D eigenvalue weighted by Gasteiger charge is 2.73. The van der Waals surface area contributed by atoms with E-state index in [0.717, 1.165) is 5.56 Å². The summed E-state index contributed by atoms with van der Waals surface area (Å²) >= 11 is 5.29. The van der Waals surface area contributed by atoms with E-state index in [1.54, 1.807) is 36.4 Å². The van der Waals surface area contributed by atoms with Crippen LogP contribution in [0.2, 0.25) is 0 Å². The van der Waals surface area contributed by atoms with Crippen molar-refractivity contribution in [3.63, 3.8) is 0 Å². The Bertz CT molecular complexity index is 942. The number of nitrogens with two attached hydrogens (primary N) is 1. The predicted molar refractivity (Wildman–Crippen MR) is 107 cm³/mol. The summed E-state index contributed by atoms with van der Waals surface area (Å²) in [7, 11) is -3.71. The van der Waals surface area contributed by atoms with Gasteiger partial charge in [0.25, 0.3) is 0 Å². The molecular formula is C20H22FNO3S2. The molecule has 0 bridgehead atoms. The zero-order valence-corrected chi connectivity index (χ0v) is 16.8. The molecule has 1 aliphatic carbocycles. The highest BCUT2D eigenvalue weighted by atomic mass is 32.2. The first kappa shape index (κ1) is 19.9. The average Bonchev–Trinajstić information content (AvgIpc) is 3.32. The molecule has 0 unspecified atom stereocenters. The zero-order valence-electron chi connectivity index (χ0n) is 15.2. The average molecular weight is 408 g/mol. The van der Waals surface area contributed by atoms with E-state index in [1.165, 1.54) is 12.1 Å². The van der Waals surface area contributed by atoms with Gasteiger partial charge in [-0.2, -0.15) is 0 Å². The van der Waals surface area contributed by atoms with Gasteiger partial charge in [-0.25, -0.2) is 12.8 Å². The Morgan fingerprint density at radius 2 is 1.78 bits per heavy atom. The van der Waals surface area contributed by atoms with Crippen LogP contribution in [0.25, 0.3) is 0 Å². The standard InChI is InChI=1S/C20H22FNO3S2/c1-3-25-12-20(19(22)26)17(14-6-8-15(21)9-7-14)18(20)27(23,24)16-10-4-13(2)5-11-16/h4-11,17-18H,3,12H2,1-2H3,(H2,22,26)/t17-,18-,20+/m0/s1. The van der Waals surface area contributed by atoms with Gasteiger partial charge in [-0.1, -0.05) is 42.0 Å². The van der Waals surface area contributed by atoms with E-state index in [1.807, 2.05) is 13.8 Å². The third kappa shape index (κ3) is 3.39. The van der Waals surface area contributed by atoms with E-state index >= 15 is 0 Å². The SMILES string of the molecule is CCOC[C@@]1(C(N)=S)[C@@H](c2ccc(F)cc2)[C@@H]1S(=O)(=O)c1ccc(C)cc1. The van der Waals surface area contributed by atoms with Gasteiger partial charge in [0.05, 0.1) is 27.2 Å². The van der Waals surface area contributed by atoms with Crippen molar-refractivity contribution < 1.29 is 17.5 Å². The van der Waals surface area contributed by atoms with Crippen molar-refractivity contribution in [2.24, 2.45) is 11.1 Å². The smallest absolute Gasteiger partial charge is 0.182 e. The molecule has 0 aromatic heterocycles. The van der Waals surface area contributed by atoms with Crippen molar-refractivity contribution in [3.8, 4) is 0 Å². The number of thiocarbonyl (C=S) groups is 1. The van der Waals surface area contributed by atoms with Crippen LogP contribution in [0.1, 0.15) is 24.0 Å². The fraction of sp³-hybridized carbons (Fsp3) is 0.350. The lowest BCUT2D eigenvalue weighted by Gasteiger charge is -2.17. The van der Waals surface area contributed by atoms with Crippen molar-refractivity contribution in [2.75, 3.05) is 13.2 Å². The number of aryl methyl sites for hydroxylation is 1. The molecule has 3 rings (SSSR count). The first-order valence-corrected chi connectivity index (χ1v) is 10.6. The molecule has 1 fully saturated rings. The van der Waals surface area contributed by atoms with Gasteiger partial charge in [0.2, 0.25) is 0 Å². The largest absolute Gasteiger partial charge is 0.393 e. The fourth-order valence-electron chi connectivity index (χ4n) is 3.69. The van der Waals surface area contributed by atoms with Gasteiger partial charge < -0.3 is 10.5 Å². The number of hydrogen-bond acceptors (Lipinski definition) is 4. The molecule has 0 saturated heterocycles. The van der Waals surface area contributed by atoms with Gasteiger partial charge in [0.15, 0.2) is 9.84 Å². The summed E-state index contributed by atoms with van der Waals surface area (Å²) in [5.41, 5.74) is 6.68. The molecule has 144 valence electrons. The summed E-state index contributed by atoms with van der Waals surface area (Å²) in [6.07, 6.45) is 0. The van der Waals surface area contributed by atoms with Crippen LogP contribution in [-0.2, 0) is 14.6 Å². The number of halogens is 1. The van der Waals surface area contributed by atoms with Crippen LogP contribution >= 0.6 is 12.2 Å². The normalized spacial score (nSPS) is 24.6. The summed E-state index contributed by atoms with van der Waals surface area (Å²) < 4.78 is 45.7. The fourth-order valence-corrected chi connectivity index (χ4v) is 6.46. The lowest BCUT2D eigenvalue weighted by atomic mass is 10.00. The van der Waals surface area contributed by atoms with Crippen molar-refractivity contribution in [2.45, 2.75) is 29.9 Å². The minimum atomic E-state index is -3.71. The topological polar surface area (TPSA) is 69.4 Å². The summed E-state index contributed by atoms with van der Waals surface area (Å²) in [4.78, 5) is 0.325. The minimum absolute atomic E-state index is 0.103. The van der Waals surface area contributed by atoms with Crippen molar-refractivity contribution >= 4 is 27.0 Å². The molecule has 0 amide bonds. The first-order chi connectivity index (χ1) is 12.7. The van der Waals surface area contributed by atoms with Crippen LogP contribution < -0.4 is 5.73 Å². The summed E-state index contributed by atoms with van der Waals surface area (Å²) in [5, 5.41) is -0.845. The Kier molecular flexibility index (Phi) is 5.38. The molecule has 2 aromatic carbocycles. The molecule has 27 heavy (non-hydrogen) atoms. The Morgan fingerprint density at radius 1 is 1.19 bits per heavy atom. The van der Waals surface area contributed by atoms with E-state index in [9.17, 15) is 12.8 Å². The zero-order chi connectivity index (χ0) is 19.8. The summed E-state index contributed by atoms with van der Waals surface area (Å²) in [5.74, 6) is -0.864. The summed E-state index contributed by atoms with van der Waals surface area (Å²) in [6, 6.07) is 12.5. The van der Waals surface area contributed by atoms with Crippen LogP contribution in [0.4, 0.5) is 4.39 Å². The van der Waals surface area contributed by atoms with Gasteiger partial charge >= 0.3 is 0 Å². The van der Waals surface area contributed by atoms with Gasteiger partial charge in [-0.05, 0) is 43.7 Å². The Morgan fingerprint density at radius 3 is 2.30 bits per heavy atom. The molecule has 0 aliphatic heterocycles. The highest BCUT2D eigenvalue weighted by molar-refractivity contribution is 7.92. The van der Waals surface area contributed by atoms with E-state index in [2.05, 4.69) is 0 Å². The van der Waals surface area contributed by atoms with Gasteiger partial charge in [0.1, 0.15) is 5.82 Å². The first-order valence-electron chi connectivity index (χ1n) is 8.69. The molecule has 7 heteroatoms. The van der Waals surface area contributed by atoms with Crippen molar-refractivity contribution in [1.29, 1.82) is 0 Å². The number of rotatable bonds is 7. The van der Waals surface area contributed by atoms with Crippen LogP contribution in [0.15, 0.2) is 53.4 Å². The van der Waals surface area contributed by atoms with Crippen LogP contribution in [0, 0.1) is 18.2 Å². The second-order valence-electron chi connectivity index (χ2n) is 6.85. The molecular weight excluding hydrogens is 385 g/mol. The van der Waals surface area contributed by atoms with Gasteiger partial charge in [0, 0.05) is 12.5 Å². The molecule has 1 saturated carbocycles. The van der Waals surface area contributed by atoms with Gasteiger partial charge in [-0.3, -0.25) is 0 Å². The molecule has 2 N–H and O–H groups in total. The van der Waals surface area contributed by atoms with E-state index < -0.39 is 26.4 Å². The molecule has 4 nitrogen and oxygen atoms in total. The number of sulfone groups is 1. The minimum Gasteiger partial charge on any atom is -0.393 e. The van der Waals surface area contributed by atoms with Gasteiger partial charge in [-0.15, -0.1) is 0 Å². The molecule has 1 aliphatic rings. The number of hydrogen-bond donors (Lipinski definition) is 1. The van der Waals surface area contributed by atoms with E-state index in [0.29, 0.717) is 12.2 Å². The predicted octanol–water partition coefficient (Wildman–Crippen LogP) is 3.38. The Balaban J connectivity index is 2.10. The molecule has 0 spiro atoms. The Labute approximate surface area is 164 Å². The lowest BCUT2D eigenvalue weighted by Crippen LogP contribution is -2.33. The van der Waals surface area contributed by atoms with Crippen LogP contribution in [0.5, 0.6) is 0 Å². The van der Waals surface area contributed by atoms with E-state index in [-0.39, 0.29) is 22.3 Å². The second kappa shape index (κ2) is 7.30. The maximum absolute atomic E-state index is 13.4. The second-order valence-corrected chi connectivity index (χ2v) is 9.36. The van der Waals surface area contributed by atoms with E-state index in [4.69, 9.17) is 22.7 Å². The van der Waals surface area contributed by atoms with Crippen molar-refractivity contribution in [1.82, 2.24) is 0 Å². The van der Waals surface area contributed by atoms with Crippen LogP contribution in [0.3, 0.4) is 0 Å². The third-order valence-corrected chi connectivity index (χ3v) is 7.84. The maximum Gasteiger partial charge on any atom is 0.182 e. The maximum atomic E-state index is 13.4. The van der Waals surface area contributed by atoms with Crippen LogP contribution in [-0.4, -0.2) is 31.9 Å². The molecule has 2 aromatic rings. The Hall–Kier alpha value is -1.83.